The molecule has 1 N–H and O–H groups in total. The van der Waals surface area contributed by atoms with Gasteiger partial charge in [0.25, 0.3) is 0 Å². The lowest BCUT2D eigenvalue weighted by atomic mass is 10.1. The van der Waals surface area contributed by atoms with Crippen molar-refractivity contribution in [1.29, 1.82) is 0 Å². The van der Waals surface area contributed by atoms with Crippen LogP contribution in [0, 0.1) is 0 Å². The van der Waals surface area contributed by atoms with Crippen molar-refractivity contribution in [2.75, 3.05) is 7.11 Å². The van der Waals surface area contributed by atoms with Gasteiger partial charge in [-0.3, -0.25) is 9.97 Å². The van der Waals surface area contributed by atoms with E-state index in [2.05, 4.69) is 14.7 Å². The number of halogens is 1. The number of hydrogen-bond donors (Lipinski definition) is 1. The second-order valence-electron chi connectivity index (χ2n) is 5.41. The van der Waals surface area contributed by atoms with Gasteiger partial charge in [-0.15, -0.1) is 0 Å². The number of pyridine rings is 2. The largest absolute Gasteiger partial charge is 0.495 e. The van der Waals surface area contributed by atoms with Gasteiger partial charge in [0.2, 0.25) is 10.0 Å². The van der Waals surface area contributed by atoms with Crippen molar-refractivity contribution in [2.45, 2.75) is 11.4 Å². The first kappa shape index (κ1) is 18.3. The summed E-state index contributed by atoms with van der Waals surface area (Å²) < 4.78 is 32.4. The van der Waals surface area contributed by atoms with Crippen molar-refractivity contribution in [3.05, 3.63) is 71.6 Å². The van der Waals surface area contributed by atoms with Crippen LogP contribution in [0.3, 0.4) is 0 Å². The maximum Gasteiger partial charge on any atom is 0.240 e. The maximum absolute atomic E-state index is 12.4. The molecule has 1 aromatic carbocycles. The lowest BCUT2D eigenvalue weighted by Crippen LogP contribution is -2.23. The smallest absolute Gasteiger partial charge is 0.240 e. The summed E-state index contributed by atoms with van der Waals surface area (Å²) in [6.07, 6.45) is 5.04. The molecule has 2 aromatic heterocycles. The van der Waals surface area contributed by atoms with E-state index < -0.39 is 10.0 Å². The number of benzene rings is 1. The second kappa shape index (κ2) is 7.82. The van der Waals surface area contributed by atoms with Crippen LogP contribution in [0.1, 0.15) is 5.56 Å². The first-order valence-corrected chi connectivity index (χ1v) is 9.54. The van der Waals surface area contributed by atoms with Gasteiger partial charge in [-0.25, -0.2) is 13.1 Å². The van der Waals surface area contributed by atoms with Crippen LogP contribution in [0.25, 0.3) is 11.3 Å². The number of ether oxygens (including phenoxy) is 1. The maximum atomic E-state index is 12.4. The van der Waals surface area contributed by atoms with Crippen molar-refractivity contribution in [1.82, 2.24) is 14.7 Å². The summed E-state index contributed by atoms with van der Waals surface area (Å²) in [4.78, 5) is 8.47. The number of aromatic nitrogens is 2. The van der Waals surface area contributed by atoms with E-state index in [1.54, 1.807) is 18.6 Å². The first-order chi connectivity index (χ1) is 12.5. The number of nitrogens with zero attached hydrogens (tertiary/aromatic N) is 2. The number of rotatable bonds is 6. The minimum absolute atomic E-state index is 0.0724. The Bertz CT molecular complexity index is 994. The third-order valence-corrected chi connectivity index (χ3v) is 5.38. The van der Waals surface area contributed by atoms with Gasteiger partial charge >= 0.3 is 0 Å². The molecule has 0 amide bonds. The van der Waals surface area contributed by atoms with Gasteiger partial charge in [0.1, 0.15) is 5.75 Å². The minimum Gasteiger partial charge on any atom is -0.495 e. The van der Waals surface area contributed by atoms with Crippen LogP contribution >= 0.6 is 11.6 Å². The van der Waals surface area contributed by atoms with Crippen LogP contribution in [0.2, 0.25) is 5.02 Å². The van der Waals surface area contributed by atoms with Gasteiger partial charge in [-0.2, -0.15) is 0 Å². The third kappa shape index (κ3) is 4.19. The fourth-order valence-electron chi connectivity index (χ4n) is 2.29. The molecule has 3 rings (SSSR count). The molecule has 6 nitrogen and oxygen atoms in total. The Hall–Kier alpha value is -2.48. The van der Waals surface area contributed by atoms with E-state index in [-0.39, 0.29) is 16.5 Å². The van der Waals surface area contributed by atoms with Crippen molar-refractivity contribution in [3.63, 3.8) is 0 Å². The Morgan fingerprint density at radius 1 is 1.15 bits per heavy atom. The highest BCUT2D eigenvalue weighted by Gasteiger charge is 2.16. The Kier molecular flexibility index (Phi) is 5.51. The number of methoxy groups -OCH3 is 1. The Morgan fingerprint density at radius 3 is 2.62 bits per heavy atom. The lowest BCUT2D eigenvalue weighted by molar-refractivity contribution is 0.414. The Morgan fingerprint density at radius 2 is 2.00 bits per heavy atom. The zero-order valence-electron chi connectivity index (χ0n) is 13.9. The Balaban J connectivity index is 1.71. The van der Waals surface area contributed by atoms with Gasteiger partial charge < -0.3 is 4.74 Å². The normalized spacial score (nSPS) is 11.3. The predicted octanol–water partition coefficient (Wildman–Crippen LogP) is 3.28. The van der Waals surface area contributed by atoms with Gasteiger partial charge in [0.15, 0.2) is 0 Å². The zero-order chi connectivity index (χ0) is 18.6. The molecule has 0 saturated carbocycles. The van der Waals surface area contributed by atoms with Crippen LogP contribution in [0.5, 0.6) is 5.75 Å². The monoisotopic (exact) mass is 389 g/mol. The van der Waals surface area contributed by atoms with Crippen LogP contribution < -0.4 is 9.46 Å². The molecule has 0 saturated heterocycles. The molecule has 26 heavy (non-hydrogen) atoms. The van der Waals surface area contributed by atoms with Gasteiger partial charge in [-0.05, 0) is 42.0 Å². The lowest BCUT2D eigenvalue weighted by Gasteiger charge is -2.09. The molecule has 0 radical (unpaired) electrons. The summed E-state index contributed by atoms with van der Waals surface area (Å²) in [5.74, 6) is 0.417. The highest BCUT2D eigenvalue weighted by molar-refractivity contribution is 7.89. The molecule has 0 bridgehead atoms. The molecular weight excluding hydrogens is 374 g/mol. The van der Waals surface area contributed by atoms with Crippen LogP contribution in [0.15, 0.2) is 66.0 Å². The highest BCUT2D eigenvalue weighted by atomic mass is 35.5. The van der Waals surface area contributed by atoms with E-state index in [0.717, 1.165) is 16.8 Å². The standard InChI is InChI=1S/C18H16ClN3O3S/c1-25-18-7-5-15(9-16(18)19)26(23,24)22-11-13-4-6-17(21-10-13)14-3-2-8-20-12-14/h2-10,12,22H,11H2,1H3. The summed E-state index contributed by atoms with van der Waals surface area (Å²) in [7, 11) is -2.23. The average molecular weight is 390 g/mol. The predicted molar refractivity (Wildman–Crippen MR) is 99.5 cm³/mol. The van der Waals surface area contributed by atoms with Gasteiger partial charge in [0.05, 0.1) is 22.7 Å². The molecule has 0 atom stereocenters. The quantitative estimate of drug-likeness (QED) is 0.699. The number of nitrogens with one attached hydrogen (secondary N) is 1. The second-order valence-corrected chi connectivity index (χ2v) is 7.59. The third-order valence-electron chi connectivity index (χ3n) is 3.68. The van der Waals surface area contributed by atoms with E-state index in [4.69, 9.17) is 16.3 Å². The molecule has 3 aromatic rings. The van der Waals surface area contributed by atoms with Gasteiger partial charge in [0, 0.05) is 30.7 Å². The summed E-state index contributed by atoms with van der Waals surface area (Å²) in [5.41, 5.74) is 2.40. The highest BCUT2D eigenvalue weighted by Crippen LogP contribution is 2.27. The van der Waals surface area contributed by atoms with E-state index in [1.165, 1.54) is 25.3 Å². The van der Waals surface area contributed by atoms with E-state index in [1.807, 2.05) is 24.3 Å². The van der Waals surface area contributed by atoms with Crippen molar-refractivity contribution in [3.8, 4) is 17.0 Å². The summed E-state index contributed by atoms with van der Waals surface area (Å²) in [5, 5.41) is 0.234. The SMILES string of the molecule is COc1ccc(S(=O)(=O)NCc2ccc(-c3cccnc3)nc2)cc1Cl. The summed E-state index contributed by atoms with van der Waals surface area (Å²) in [6, 6.07) is 11.7. The molecule has 0 fully saturated rings. The molecule has 134 valence electrons. The van der Waals surface area contributed by atoms with Crippen LogP contribution in [-0.4, -0.2) is 25.5 Å². The molecule has 0 aliphatic rings. The molecule has 8 heteroatoms. The van der Waals surface area contributed by atoms with Gasteiger partial charge in [-0.1, -0.05) is 17.7 Å². The molecule has 2 heterocycles. The molecular formula is C18H16ClN3O3S. The van der Waals surface area contributed by atoms with Crippen LogP contribution in [0.4, 0.5) is 0 Å². The summed E-state index contributed by atoms with van der Waals surface area (Å²) >= 11 is 6.00. The van der Waals surface area contributed by atoms with E-state index in [0.29, 0.717) is 5.75 Å². The zero-order valence-corrected chi connectivity index (χ0v) is 15.5. The number of hydrogen-bond acceptors (Lipinski definition) is 5. The Labute approximate surface area is 156 Å². The fourth-order valence-corrected chi connectivity index (χ4v) is 3.66. The molecule has 0 unspecified atom stereocenters. The molecule has 0 spiro atoms. The van der Waals surface area contributed by atoms with Crippen molar-refractivity contribution >= 4 is 21.6 Å². The van der Waals surface area contributed by atoms with Crippen molar-refractivity contribution in [2.24, 2.45) is 0 Å². The van der Waals surface area contributed by atoms with E-state index in [9.17, 15) is 8.42 Å². The summed E-state index contributed by atoms with van der Waals surface area (Å²) in [6.45, 7) is 0.117. The molecule has 0 aliphatic heterocycles. The van der Waals surface area contributed by atoms with Crippen molar-refractivity contribution < 1.29 is 13.2 Å². The fraction of sp³-hybridized carbons (Fsp3) is 0.111. The topological polar surface area (TPSA) is 81.2 Å². The van der Waals surface area contributed by atoms with Crippen LogP contribution in [-0.2, 0) is 16.6 Å². The first-order valence-electron chi connectivity index (χ1n) is 7.68. The number of sulfonamides is 1. The van der Waals surface area contributed by atoms with E-state index >= 15 is 0 Å². The molecule has 0 aliphatic carbocycles. The minimum atomic E-state index is -3.70. The average Bonchev–Trinajstić information content (AvgIpc) is 2.67.